The highest BCUT2D eigenvalue weighted by Crippen LogP contribution is 2.22. The van der Waals surface area contributed by atoms with Crippen molar-refractivity contribution in [2.75, 3.05) is 19.8 Å². The molecule has 0 spiro atoms. The van der Waals surface area contributed by atoms with Crippen molar-refractivity contribution in [3.05, 3.63) is 0 Å². The summed E-state index contributed by atoms with van der Waals surface area (Å²) in [6.07, 6.45) is 6.78. The van der Waals surface area contributed by atoms with Crippen molar-refractivity contribution in [2.24, 2.45) is 5.92 Å². The van der Waals surface area contributed by atoms with Gasteiger partial charge in [-0.05, 0) is 19.3 Å². The van der Waals surface area contributed by atoms with Gasteiger partial charge in [0.05, 0.1) is 18.8 Å². The van der Waals surface area contributed by atoms with Crippen molar-refractivity contribution in [3.63, 3.8) is 0 Å². The van der Waals surface area contributed by atoms with Crippen LogP contribution in [0.2, 0.25) is 0 Å². The fourth-order valence-corrected chi connectivity index (χ4v) is 3.10. The lowest BCUT2D eigenvalue weighted by Gasteiger charge is -2.26. The van der Waals surface area contributed by atoms with E-state index in [0.717, 1.165) is 58.3 Å². The van der Waals surface area contributed by atoms with Crippen LogP contribution in [0, 0.1) is 5.92 Å². The van der Waals surface area contributed by atoms with Crippen LogP contribution in [0.4, 0.5) is 0 Å². The fraction of sp³-hybridized carbons (Fsp3) is 0.933. The van der Waals surface area contributed by atoms with E-state index in [0.29, 0.717) is 11.8 Å². The van der Waals surface area contributed by atoms with Crippen LogP contribution >= 0.6 is 0 Å². The van der Waals surface area contributed by atoms with Crippen molar-refractivity contribution in [1.82, 2.24) is 10.2 Å². The molecule has 2 aliphatic heterocycles. The Kier molecular flexibility index (Phi) is 5.64. The van der Waals surface area contributed by atoms with Gasteiger partial charge in [-0.3, -0.25) is 10.1 Å². The average Bonchev–Trinajstić information content (AvgIpc) is 3.00. The quantitative estimate of drug-likeness (QED) is 0.769. The summed E-state index contributed by atoms with van der Waals surface area (Å²) in [6, 6.07) is 0.0545. The summed E-state index contributed by atoms with van der Waals surface area (Å²) in [6.45, 7) is 6.91. The Hall–Kier alpha value is -0.610. The summed E-state index contributed by atoms with van der Waals surface area (Å²) in [5.74, 6) is 0.855. The van der Waals surface area contributed by atoms with Gasteiger partial charge in [0, 0.05) is 19.1 Å². The predicted octanol–water partition coefficient (Wildman–Crippen LogP) is 2.14. The molecule has 2 aliphatic rings. The number of carbonyl (C=O) groups excluding carboxylic acids is 1. The van der Waals surface area contributed by atoms with Crippen LogP contribution < -0.4 is 5.32 Å². The third kappa shape index (κ3) is 3.69. The molecule has 0 aromatic heterocycles. The van der Waals surface area contributed by atoms with Gasteiger partial charge in [-0.15, -0.1) is 0 Å². The van der Waals surface area contributed by atoms with Gasteiger partial charge in [-0.1, -0.05) is 33.1 Å². The lowest BCUT2D eigenvalue weighted by atomic mass is 10.1. The Morgan fingerprint density at radius 3 is 2.79 bits per heavy atom. The molecule has 1 amide bonds. The van der Waals surface area contributed by atoms with Crippen LogP contribution in [0.5, 0.6) is 0 Å². The van der Waals surface area contributed by atoms with Crippen molar-refractivity contribution in [2.45, 2.75) is 64.6 Å². The molecule has 0 aromatic carbocycles. The maximum absolute atomic E-state index is 12.5. The van der Waals surface area contributed by atoms with E-state index in [4.69, 9.17) is 4.74 Å². The monoisotopic (exact) mass is 268 g/mol. The van der Waals surface area contributed by atoms with E-state index in [1.54, 1.807) is 0 Å². The molecule has 4 nitrogen and oxygen atoms in total. The first-order valence-corrected chi connectivity index (χ1v) is 7.90. The minimum Gasteiger partial charge on any atom is -0.381 e. The van der Waals surface area contributed by atoms with Gasteiger partial charge >= 0.3 is 0 Å². The van der Waals surface area contributed by atoms with E-state index < -0.39 is 0 Å². The predicted molar refractivity (Wildman–Crippen MR) is 75.8 cm³/mol. The maximum Gasteiger partial charge on any atom is 0.241 e. The zero-order valence-electron chi connectivity index (χ0n) is 12.4. The number of carbonyl (C=O) groups is 1. The maximum atomic E-state index is 12.5. The van der Waals surface area contributed by atoms with Crippen molar-refractivity contribution in [1.29, 1.82) is 0 Å². The molecule has 1 N–H and O–H groups in total. The number of amides is 1. The molecule has 2 rings (SSSR count). The molecule has 0 aliphatic carbocycles. The number of hydrogen-bond acceptors (Lipinski definition) is 3. The second-order valence-electron chi connectivity index (χ2n) is 5.89. The summed E-state index contributed by atoms with van der Waals surface area (Å²) >= 11 is 0. The van der Waals surface area contributed by atoms with Crippen LogP contribution in [-0.2, 0) is 9.53 Å². The van der Waals surface area contributed by atoms with Crippen LogP contribution in [0.1, 0.15) is 52.4 Å². The van der Waals surface area contributed by atoms with Gasteiger partial charge in [0.1, 0.15) is 0 Å². The van der Waals surface area contributed by atoms with Gasteiger partial charge in [0.2, 0.25) is 5.91 Å². The number of nitrogens with one attached hydrogen (secondary N) is 1. The molecule has 0 saturated carbocycles. The summed E-state index contributed by atoms with van der Waals surface area (Å²) in [5.41, 5.74) is 0. The van der Waals surface area contributed by atoms with Gasteiger partial charge in [0.15, 0.2) is 0 Å². The molecule has 110 valence electrons. The summed E-state index contributed by atoms with van der Waals surface area (Å²) < 4.78 is 5.43. The summed E-state index contributed by atoms with van der Waals surface area (Å²) in [4.78, 5) is 14.6. The highest BCUT2D eigenvalue weighted by Gasteiger charge is 2.38. The minimum atomic E-state index is 0.0545. The normalized spacial score (nSPS) is 31.4. The number of rotatable bonds is 7. The van der Waals surface area contributed by atoms with E-state index in [-0.39, 0.29) is 12.2 Å². The van der Waals surface area contributed by atoms with E-state index in [1.807, 2.05) is 0 Å². The molecule has 2 saturated heterocycles. The largest absolute Gasteiger partial charge is 0.381 e. The lowest BCUT2D eigenvalue weighted by Crippen LogP contribution is -2.40. The second-order valence-corrected chi connectivity index (χ2v) is 5.89. The van der Waals surface area contributed by atoms with Crippen LogP contribution in [-0.4, -0.2) is 42.8 Å². The van der Waals surface area contributed by atoms with E-state index in [1.165, 1.54) is 0 Å². The summed E-state index contributed by atoms with van der Waals surface area (Å²) in [5, 5.41) is 3.54. The molecular formula is C15H28N2O2. The molecule has 0 aromatic rings. The Morgan fingerprint density at radius 1 is 1.32 bits per heavy atom. The Bertz CT molecular complexity index is 290. The number of ether oxygens (including phenoxy) is 1. The molecule has 3 unspecified atom stereocenters. The molecule has 0 radical (unpaired) electrons. The van der Waals surface area contributed by atoms with Crippen molar-refractivity contribution < 1.29 is 9.53 Å². The lowest BCUT2D eigenvalue weighted by molar-refractivity contribution is -0.130. The highest BCUT2D eigenvalue weighted by atomic mass is 16.5. The van der Waals surface area contributed by atoms with Crippen molar-refractivity contribution >= 4 is 5.91 Å². The van der Waals surface area contributed by atoms with Gasteiger partial charge in [-0.2, -0.15) is 0 Å². The Balaban J connectivity index is 1.93. The molecule has 19 heavy (non-hydrogen) atoms. The van der Waals surface area contributed by atoms with Gasteiger partial charge < -0.3 is 9.64 Å². The Morgan fingerprint density at radius 2 is 2.16 bits per heavy atom. The van der Waals surface area contributed by atoms with Crippen molar-refractivity contribution in [3.8, 4) is 0 Å². The SMILES string of the molecule is CCCCC1NC(CCC)N(CC2CCOC2)C1=O. The number of unbranched alkanes of at least 4 members (excludes halogenated alkanes) is 1. The topological polar surface area (TPSA) is 41.6 Å². The first-order valence-electron chi connectivity index (χ1n) is 7.90. The fourth-order valence-electron chi connectivity index (χ4n) is 3.10. The van der Waals surface area contributed by atoms with E-state index >= 15 is 0 Å². The van der Waals surface area contributed by atoms with E-state index in [2.05, 4.69) is 24.1 Å². The van der Waals surface area contributed by atoms with E-state index in [9.17, 15) is 4.79 Å². The van der Waals surface area contributed by atoms with Gasteiger partial charge in [0.25, 0.3) is 0 Å². The number of hydrogen-bond donors (Lipinski definition) is 1. The minimum absolute atomic E-state index is 0.0545. The zero-order chi connectivity index (χ0) is 13.7. The highest BCUT2D eigenvalue weighted by molar-refractivity contribution is 5.84. The molecule has 0 bridgehead atoms. The molecule has 2 heterocycles. The van der Waals surface area contributed by atoms with Crippen LogP contribution in [0.3, 0.4) is 0 Å². The zero-order valence-corrected chi connectivity index (χ0v) is 12.4. The Labute approximate surface area is 116 Å². The molecule has 4 heteroatoms. The number of nitrogens with zero attached hydrogens (tertiary/aromatic N) is 1. The third-order valence-corrected chi connectivity index (χ3v) is 4.24. The van der Waals surface area contributed by atoms with Crippen LogP contribution in [0.15, 0.2) is 0 Å². The molecular weight excluding hydrogens is 240 g/mol. The smallest absolute Gasteiger partial charge is 0.241 e. The van der Waals surface area contributed by atoms with Gasteiger partial charge in [-0.25, -0.2) is 0 Å². The second kappa shape index (κ2) is 7.25. The first kappa shape index (κ1) is 14.8. The van der Waals surface area contributed by atoms with Crippen LogP contribution in [0.25, 0.3) is 0 Å². The summed E-state index contributed by atoms with van der Waals surface area (Å²) in [7, 11) is 0. The standard InChI is InChI=1S/C15H28N2O2/c1-3-5-7-13-15(18)17(14(16-13)6-4-2)10-12-8-9-19-11-12/h12-14,16H,3-11H2,1-2H3. The first-order chi connectivity index (χ1) is 9.26. The average molecular weight is 268 g/mol. The third-order valence-electron chi connectivity index (χ3n) is 4.24. The molecule has 3 atom stereocenters. The molecule has 2 fully saturated rings.